The zero-order valence-corrected chi connectivity index (χ0v) is 12.0. The van der Waals surface area contributed by atoms with Crippen LogP contribution >= 0.6 is 15.9 Å². The van der Waals surface area contributed by atoms with Crippen molar-refractivity contribution in [1.82, 2.24) is 0 Å². The van der Waals surface area contributed by atoms with Crippen LogP contribution in [0.15, 0.2) is 36.4 Å². The van der Waals surface area contributed by atoms with Gasteiger partial charge in [-0.2, -0.15) is 0 Å². The Balaban J connectivity index is 2.14. The maximum atomic E-state index is 13.0. The lowest BCUT2D eigenvalue weighted by Crippen LogP contribution is -1.99. The molecule has 0 saturated carbocycles. The second kappa shape index (κ2) is 6.15. The van der Waals surface area contributed by atoms with Crippen LogP contribution in [0.5, 0.6) is 5.75 Å². The zero-order chi connectivity index (χ0) is 13.8. The SMILES string of the molecule is Cc1ccc(OCc2cc(F)cc(F)c2)c(CBr)c1. The van der Waals surface area contributed by atoms with Crippen molar-refractivity contribution < 1.29 is 13.5 Å². The summed E-state index contributed by atoms with van der Waals surface area (Å²) < 4.78 is 31.7. The largest absolute Gasteiger partial charge is 0.489 e. The lowest BCUT2D eigenvalue weighted by molar-refractivity contribution is 0.302. The second-order valence-electron chi connectivity index (χ2n) is 4.31. The van der Waals surface area contributed by atoms with Gasteiger partial charge in [-0.05, 0) is 30.7 Å². The Morgan fingerprint density at radius 3 is 2.37 bits per heavy atom. The topological polar surface area (TPSA) is 9.23 Å². The van der Waals surface area contributed by atoms with Crippen LogP contribution in [-0.2, 0) is 11.9 Å². The molecule has 0 aliphatic rings. The van der Waals surface area contributed by atoms with Crippen LogP contribution in [0, 0.1) is 18.6 Å². The molecule has 0 aromatic heterocycles. The Bertz CT molecular complexity index is 564. The monoisotopic (exact) mass is 326 g/mol. The van der Waals surface area contributed by atoms with E-state index >= 15 is 0 Å². The summed E-state index contributed by atoms with van der Waals surface area (Å²) in [6.07, 6.45) is 0. The van der Waals surface area contributed by atoms with Gasteiger partial charge in [0, 0.05) is 17.0 Å². The van der Waals surface area contributed by atoms with Gasteiger partial charge >= 0.3 is 0 Å². The van der Waals surface area contributed by atoms with Gasteiger partial charge in [0.2, 0.25) is 0 Å². The van der Waals surface area contributed by atoms with Crippen LogP contribution in [0.3, 0.4) is 0 Å². The van der Waals surface area contributed by atoms with Gasteiger partial charge in [0.25, 0.3) is 0 Å². The first kappa shape index (κ1) is 14.0. The van der Waals surface area contributed by atoms with E-state index in [9.17, 15) is 8.78 Å². The summed E-state index contributed by atoms with van der Waals surface area (Å²) in [5.41, 5.74) is 2.62. The minimum Gasteiger partial charge on any atom is -0.489 e. The summed E-state index contributed by atoms with van der Waals surface area (Å²) in [6, 6.07) is 9.20. The van der Waals surface area contributed by atoms with Crippen LogP contribution in [0.1, 0.15) is 16.7 Å². The van der Waals surface area contributed by atoms with Crippen LogP contribution in [0.2, 0.25) is 0 Å². The van der Waals surface area contributed by atoms with Crippen LogP contribution < -0.4 is 4.74 Å². The van der Waals surface area contributed by atoms with Crippen molar-refractivity contribution in [2.45, 2.75) is 18.9 Å². The first-order valence-electron chi connectivity index (χ1n) is 5.82. The molecule has 0 aliphatic heterocycles. The number of aryl methyl sites for hydroxylation is 1. The Kier molecular flexibility index (Phi) is 4.53. The van der Waals surface area contributed by atoms with Crippen molar-refractivity contribution in [3.8, 4) is 5.75 Å². The molecule has 0 bridgehead atoms. The molecule has 19 heavy (non-hydrogen) atoms. The van der Waals surface area contributed by atoms with Crippen molar-refractivity contribution in [3.63, 3.8) is 0 Å². The molecule has 2 aromatic carbocycles. The van der Waals surface area contributed by atoms with Crippen molar-refractivity contribution in [2.75, 3.05) is 0 Å². The minimum absolute atomic E-state index is 0.137. The fraction of sp³-hybridized carbons (Fsp3) is 0.200. The van der Waals surface area contributed by atoms with Crippen molar-refractivity contribution >= 4 is 15.9 Å². The molecule has 0 saturated heterocycles. The van der Waals surface area contributed by atoms with E-state index in [2.05, 4.69) is 15.9 Å². The van der Waals surface area contributed by atoms with Gasteiger partial charge in [-0.15, -0.1) is 0 Å². The molecule has 0 atom stereocenters. The number of alkyl halides is 1. The van der Waals surface area contributed by atoms with E-state index in [0.717, 1.165) is 17.2 Å². The standard InChI is InChI=1S/C15H13BrF2O/c1-10-2-3-15(12(4-10)8-16)19-9-11-5-13(17)7-14(18)6-11/h2-7H,8-9H2,1H3. The van der Waals surface area contributed by atoms with Gasteiger partial charge in [0.1, 0.15) is 24.0 Å². The zero-order valence-electron chi connectivity index (χ0n) is 10.4. The van der Waals surface area contributed by atoms with E-state index < -0.39 is 11.6 Å². The smallest absolute Gasteiger partial charge is 0.126 e. The van der Waals surface area contributed by atoms with Crippen molar-refractivity contribution in [3.05, 3.63) is 64.7 Å². The van der Waals surface area contributed by atoms with E-state index in [1.165, 1.54) is 12.1 Å². The van der Waals surface area contributed by atoms with Gasteiger partial charge in [-0.25, -0.2) is 8.78 Å². The van der Waals surface area contributed by atoms with E-state index in [1.807, 2.05) is 25.1 Å². The third-order valence-corrected chi connectivity index (χ3v) is 3.28. The molecule has 0 N–H and O–H groups in total. The van der Waals surface area contributed by atoms with Gasteiger partial charge < -0.3 is 4.74 Å². The molecule has 0 heterocycles. The molecule has 0 amide bonds. The lowest BCUT2D eigenvalue weighted by atomic mass is 10.1. The Labute approximate surface area is 119 Å². The average Bonchev–Trinajstić information content (AvgIpc) is 2.36. The van der Waals surface area contributed by atoms with Crippen LogP contribution in [0.25, 0.3) is 0 Å². The number of benzene rings is 2. The molecule has 0 spiro atoms. The summed E-state index contributed by atoms with van der Waals surface area (Å²) in [5, 5.41) is 0.668. The molecule has 2 aromatic rings. The molecular formula is C15H13BrF2O. The summed E-state index contributed by atoms with van der Waals surface area (Å²) in [4.78, 5) is 0. The van der Waals surface area contributed by atoms with E-state index in [0.29, 0.717) is 16.6 Å². The van der Waals surface area contributed by atoms with Crippen molar-refractivity contribution in [1.29, 1.82) is 0 Å². The highest BCUT2D eigenvalue weighted by Crippen LogP contribution is 2.23. The molecule has 2 rings (SSSR count). The molecule has 100 valence electrons. The molecule has 4 heteroatoms. The Hall–Kier alpha value is -1.42. The fourth-order valence-electron chi connectivity index (χ4n) is 1.81. The van der Waals surface area contributed by atoms with Crippen molar-refractivity contribution in [2.24, 2.45) is 0 Å². The number of ether oxygens (including phenoxy) is 1. The number of halogens is 3. The van der Waals surface area contributed by atoms with Gasteiger partial charge in [-0.1, -0.05) is 33.6 Å². The van der Waals surface area contributed by atoms with E-state index in [1.54, 1.807) is 0 Å². The highest BCUT2D eigenvalue weighted by molar-refractivity contribution is 9.08. The van der Waals surface area contributed by atoms with Gasteiger partial charge in [-0.3, -0.25) is 0 Å². The van der Waals surface area contributed by atoms with Gasteiger partial charge in [0.15, 0.2) is 0 Å². The molecular weight excluding hydrogens is 314 g/mol. The minimum atomic E-state index is -0.594. The Morgan fingerprint density at radius 2 is 1.74 bits per heavy atom. The third-order valence-electron chi connectivity index (χ3n) is 2.68. The van der Waals surface area contributed by atoms with E-state index in [4.69, 9.17) is 4.74 Å². The quantitative estimate of drug-likeness (QED) is 0.737. The summed E-state index contributed by atoms with van der Waals surface area (Å²) in [5.74, 6) is -0.474. The normalized spacial score (nSPS) is 10.5. The third kappa shape index (κ3) is 3.77. The summed E-state index contributed by atoms with van der Waals surface area (Å²) >= 11 is 3.39. The molecule has 0 radical (unpaired) electrons. The maximum absolute atomic E-state index is 13.0. The maximum Gasteiger partial charge on any atom is 0.126 e. The van der Waals surface area contributed by atoms with Crippen LogP contribution in [-0.4, -0.2) is 0 Å². The highest BCUT2D eigenvalue weighted by atomic mass is 79.9. The fourth-order valence-corrected chi connectivity index (χ4v) is 2.25. The average molecular weight is 327 g/mol. The number of hydrogen-bond donors (Lipinski definition) is 0. The predicted molar refractivity (Wildman–Crippen MR) is 74.5 cm³/mol. The molecule has 1 nitrogen and oxygen atoms in total. The first-order chi connectivity index (χ1) is 9.08. The first-order valence-corrected chi connectivity index (χ1v) is 6.94. The second-order valence-corrected chi connectivity index (χ2v) is 4.87. The summed E-state index contributed by atoms with van der Waals surface area (Å²) in [6.45, 7) is 2.13. The van der Waals surface area contributed by atoms with E-state index in [-0.39, 0.29) is 6.61 Å². The molecule has 0 unspecified atom stereocenters. The predicted octanol–water partition coefficient (Wildman–Crippen LogP) is 4.75. The summed E-state index contributed by atoms with van der Waals surface area (Å²) in [7, 11) is 0. The highest BCUT2D eigenvalue weighted by Gasteiger charge is 2.05. The number of rotatable bonds is 4. The molecule has 0 aliphatic carbocycles. The number of hydrogen-bond acceptors (Lipinski definition) is 1. The van der Waals surface area contributed by atoms with Crippen LogP contribution in [0.4, 0.5) is 8.78 Å². The molecule has 0 fully saturated rings. The van der Waals surface area contributed by atoms with Gasteiger partial charge in [0.05, 0.1) is 0 Å². The Morgan fingerprint density at radius 1 is 1.05 bits per heavy atom. The lowest BCUT2D eigenvalue weighted by Gasteiger charge is -2.11.